The van der Waals surface area contributed by atoms with Crippen molar-refractivity contribution in [3.05, 3.63) is 28.8 Å². The molecule has 2 atom stereocenters. The van der Waals surface area contributed by atoms with E-state index in [1.54, 1.807) is 0 Å². The fourth-order valence-electron chi connectivity index (χ4n) is 1.77. The first-order valence-electron chi connectivity index (χ1n) is 6.00. The van der Waals surface area contributed by atoms with E-state index < -0.39 is 38.8 Å². The number of aliphatic hydroxyl groups is 1. The summed E-state index contributed by atoms with van der Waals surface area (Å²) in [5.74, 6) is 0. The van der Waals surface area contributed by atoms with Crippen molar-refractivity contribution in [1.82, 2.24) is 4.72 Å². The fraction of sp³-hybridized carbons (Fsp3) is 0.500. The topological polar surface area (TPSA) is 66.4 Å². The van der Waals surface area contributed by atoms with Crippen LogP contribution >= 0.6 is 11.6 Å². The average Bonchev–Trinajstić information content (AvgIpc) is 2.25. The van der Waals surface area contributed by atoms with E-state index in [9.17, 15) is 26.7 Å². The van der Waals surface area contributed by atoms with E-state index in [0.717, 1.165) is 6.07 Å². The zero-order valence-electron chi connectivity index (χ0n) is 11.3. The maximum absolute atomic E-state index is 12.6. The van der Waals surface area contributed by atoms with E-state index in [1.807, 2.05) is 0 Å². The van der Waals surface area contributed by atoms with E-state index >= 15 is 0 Å². The normalized spacial score (nSPS) is 15.8. The second kappa shape index (κ2) is 6.51. The van der Waals surface area contributed by atoms with Gasteiger partial charge in [-0.3, -0.25) is 0 Å². The second-order valence-corrected chi connectivity index (χ2v) is 6.84. The lowest BCUT2D eigenvalue weighted by molar-refractivity contribution is -0.137. The molecular weight excluding hydrogens is 331 g/mol. The highest BCUT2D eigenvalue weighted by molar-refractivity contribution is 7.89. The number of alkyl halides is 3. The summed E-state index contributed by atoms with van der Waals surface area (Å²) in [6.45, 7) is 2.97. The van der Waals surface area contributed by atoms with Crippen molar-refractivity contribution in [3.63, 3.8) is 0 Å². The van der Waals surface area contributed by atoms with Crippen LogP contribution in [-0.2, 0) is 16.2 Å². The number of benzene rings is 1. The minimum absolute atomic E-state index is 0.121. The lowest BCUT2D eigenvalue weighted by atomic mass is 10.2. The first-order valence-corrected chi connectivity index (χ1v) is 7.86. The van der Waals surface area contributed by atoms with Crippen molar-refractivity contribution in [2.24, 2.45) is 0 Å². The van der Waals surface area contributed by atoms with Gasteiger partial charge in [-0.1, -0.05) is 11.6 Å². The van der Waals surface area contributed by atoms with Gasteiger partial charge in [0.15, 0.2) is 0 Å². The van der Waals surface area contributed by atoms with Gasteiger partial charge in [0.25, 0.3) is 0 Å². The molecular formula is C12H15ClF3NO3S. The molecule has 0 saturated heterocycles. The summed E-state index contributed by atoms with van der Waals surface area (Å²) in [7, 11) is -4.21. The highest BCUT2D eigenvalue weighted by Gasteiger charge is 2.33. The third kappa shape index (κ3) is 5.14. The summed E-state index contributed by atoms with van der Waals surface area (Å²) in [5, 5.41) is 8.88. The largest absolute Gasteiger partial charge is 0.416 e. The van der Waals surface area contributed by atoms with Crippen LogP contribution in [0.2, 0.25) is 5.02 Å². The van der Waals surface area contributed by atoms with Gasteiger partial charge in [0, 0.05) is 6.04 Å². The van der Waals surface area contributed by atoms with Crippen LogP contribution in [0.1, 0.15) is 25.8 Å². The van der Waals surface area contributed by atoms with Crippen molar-refractivity contribution < 1.29 is 26.7 Å². The molecule has 0 bridgehead atoms. The monoisotopic (exact) mass is 345 g/mol. The number of aliphatic hydroxyl groups excluding tert-OH is 1. The smallest absolute Gasteiger partial charge is 0.393 e. The molecule has 21 heavy (non-hydrogen) atoms. The lowest BCUT2D eigenvalue weighted by Gasteiger charge is -2.17. The molecule has 2 unspecified atom stereocenters. The summed E-state index contributed by atoms with van der Waals surface area (Å²) in [6, 6.07) is 1.43. The molecule has 0 aliphatic carbocycles. The van der Waals surface area contributed by atoms with E-state index in [2.05, 4.69) is 4.72 Å². The Morgan fingerprint density at radius 2 is 1.90 bits per heavy atom. The Bertz CT molecular complexity index is 602. The van der Waals surface area contributed by atoms with Gasteiger partial charge in [-0.15, -0.1) is 0 Å². The first kappa shape index (κ1) is 18.2. The molecule has 1 aromatic carbocycles. The van der Waals surface area contributed by atoms with Crippen molar-refractivity contribution in [1.29, 1.82) is 0 Å². The molecule has 4 nitrogen and oxygen atoms in total. The van der Waals surface area contributed by atoms with Gasteiger partial charge < -0.3 is 5.11 Å². The van der Waals surface area contributed by atoms with Crippen molar-refractivity contribution in [2.45, 2.75) is 43.5 Å². The molecule has 0 saturated carbocycles. The Kier molecular flexibility index (Phi) is 5.65. The first-order chi connectivity index (χ1) is 9.43. The molecule has 0 radical (unpaired) electrons. The van der Waals surface area contributed by atoms with Crippen LogP contribution in [0.4, 0.5) is 13.2 Å². The van der Waals surface area contributed by atoms with Gasteiger partial charge in [0.1, 0.15) is 4.90 Å². The Balaban J connectivity index is 3.13. The van der Waals surface area contributed by atoms with Gasteiger partial charge in [0.05, 0.1) is 16.7 Å². The fourth-order valence-corrected chi connectivity index (χ4v) is 3.56. The zero-order chi connectivity index (χ0) is 16.4. The van der Waals surface area contributed by atoms with Gasteiger partial charge in [-0.2, -0.15) is 13.2 Å². The molecule has 0 aliphatic heterocycles. The van der Waals surface area contributed by atoms with Crippen molar-refractivity contribution in [2.75, 3.05) is 0 Å². The zero-order valence-corrected chi connectivity index (χ0v) is 12.9. The molecule has 1 aromatic rings. The van der Waals surface area contributed by atoms with Gasteiger partial charge >= 0.3 is 6.18 Å². The Labute approximate surface area is 126 Å². The number of hydrogen-bond donors (Lipinski definition) is 2. The van der Waals surface area contributed by atoms with E-state index in [-0.39, 0.29) is 11.4 Å². The van der Waals surface area contributed by atoms with Gasteiger partial charge in [-0.05, 0) is 38.5 Å². The predicted octanol–water partition coefficient (Wildman–Crippen LogP) is 2.80. The molecule has 0 heterocycles. The number of nitrogens with one attached hydrogen (secondary N) is 1. The van der Waals surface area contributed by atoms with Crippen LogP contribution in [-0.4, -0.2) is 25.7 Å². The lowest BCUT2D eigenvalue weighted by Crippen LogP contribution is -2.35. The molecule has 0 fully saturated rings. The summed E-state index contributed by atoms with van der Waals surface area (Å²) >= 11 is 5.68. The van der Waals surface area contributed by atoms with Crippen molar-refractivity contribution in [3.8, 4) is 0 Å². The van der Waals surface area contributed by atoms with Crippen LogP contribution in [0, 0.1) is 0 Å². The Morgan fingerprint density at radius 3 is 2.38 bits per heavy atom. The number of rotatable bonds is 5. The highest BCUT2D eigenvalue weighted by atomic mass is 35.5. The summed E-state index contributed by atoms with van der Waals surface area (Å²) in [4.78, 5) is -0.642. The third-order valence-electron chi connectivity index (χ3n) is 2.60. The van der Waals surface area contributed by atoms with E-state index in [0.29, 0.717) is 12.1 Å². The summed E-state index contributed by atoms with van der Waals surface area (Å²) in [5.41, 5.74) is -1.10. The van der Waals surface area contributed by atoms with Gasteiger partial charge in [0.2, 0.25) is 10.0 Å². The van der Waals surface area contributed by atoms with Crippen LogP contribution in [0.5, 0.6) is 0 Å². The molecule has 1 rings (SSSR count). The van der Waals surface area contributed by atoms with Crippen molar-refractivity contribution >= 4 is 21.6 Å². The molecule has 0 aliphatic rings. The Hall–Kier alpha value is -0.830. The molecule has 120 valence electrons. The SMILES string of the molecule is CC(O)CC(C)NS(=O)(=O)c1cc(C(F)(F)F)ccc1Cl. The van der Waals surface area contributed by atoms with Gasteiger partial charge in [-0.25, -0.2) is 13.1 Å². The maximum atomic E-state index is 12.6. The number of sulfonamides is 1. The predicted molar refractivity (Wildman–Crippen MR) is 72.5 cm³/mol. The quantitative estimate of drug-likeness (QED) is 0.862. The summed E-state index contributed by atoms with van der Waals surface area (Å²) in [6.07, 6.45) is -5.30. The van der Waals surface area contributed by atoms with Crippen LogP contribution in [0.15, 0.2) is 23.1 Å². The van der Waals surface area contributed by atoms with Crippen LogP contribution < -0.4 is 4.72 Å². The molecule has 0 amide bonds. The number of hydrogen-bond acceptors (Lipinski definition) is 3. The molecule has 0 aromatic heterocycles. The molecule has 9 heteroatoms. The second-order valence-electron chi connectivity index (χ2n) is 4.75. The van der Waals surface area contributed by atoms with Crippen LogP contribution in [0.25, 0.3) is 0 Å². The molecule has 0 spiro atoms. The number of halogens is 4. The summed E-state index contributed by atoms with van der Waals surface area (Å²) < 4.78 is 64.2. The van der Waals surface area contributed by atoms with Crippen LogP contribution in [0.3, 0.4) is 0 Å². The maximum Gasteiger partial charge on any atom is 0.416 e. The Morgan fingerprint density at radius 1 is 1.33 bits per heavy atom. The highest BCUT2D eigenvalue weighted by Crippen LogP contribution is 2.33. The molecule has 2 N–H and O–H groups in total. The van der Waals surface area contributed by atoms with E-state index in [4.69, 9.17) is 11.6 Å². The minimum Gasteiger partial charge on any atom is -0.393 e. The third-order valence-corrected chi connectivity index (χ3v) is 4.67. The average molecular weight is 346 g/mol. The van der Waals surface area contributed by atoms with E-state index in [1.165, 1.54) is 13.8 Å². The standard InChI is InChI=1S/C12H15ClF3NO3S/c1-7(5-8(2)18)17-21(19,20)11-6-9(12(14,15)16)3-4-10(11)13/h3-4,6-8,17-18H,5H2,1-2H3. The minimum atomic E-state index is -4.67.